The quantitative estimate of drug-likeness (QED) is 0.0244. The van der Waals surface area contributed by atoms with Crippen molar-refractivity contribution in [1.29, 1.82) is 0 Å². The maximum absolute atomic E-state index is 12.6. The summed E-state index contributed by atoms with van der Waals surface area (Å²) in [5.41, 5.74) is 0. The molecular weight excluding hydrogens is 679 g/mol. The van der Waals surface area contributed by atoms with E-state index < -0.39 is 45.8 Å². The van der Waals surface area contributed by atoms with Gasteiger partial charge >= 0.3 is 13.8 Å². The molecule has 0 aliphatic rings. The maximum Gasteiger partial charge on any atom is 0.472 e. The summed E-state index contributed by atoms with van der Waals surface area (Å²) in [5, 5.41) is 18.3. The van der Waals surface area contributed by atoms with Crippen LogP contribution in [-0.2, 0) is 27.9 Å². The van der Waals surface area contributed by atoms with Crippen molar-refractivity contribution in [2.24, 2.45) is 0 Å². The lowest BCUT2D eigenvalue weighted by atomic mass is 10.0. The molecular formula is C42H75O9P. The molecule has 0 aromatic rings. The number of aliphatic hydroxyl groups excluding tert-OH is 2. The van der Waals surface area contributed by atoms with Gasteiger partial charge in [-0.3, -0.25) is 13.8 Å². The summed E-state index contributed by atoms with van der Waals surface area (Å²) >= 11 is 0. The second-order valence-corrected chi connectivity index (χ2v) is 14.7. The Morgan fingerprint density at radius 2 is 1.08 bits per heavy atom. The highest BCUT2D eigenvalue weighted by Gasteiger charge is 2.26. The lowest BCUT2D eigenvalue weighted by Crippen LogP contribution is -2.29. The van der Waals surface area contributed by atoms with Crippen molar-refractivity contribution >= 4 is 13.8 Å². The van der Waals surface area contributed by atoms with Crippen LogP contribution in [0.4, 0.5) is 0 Å². The van der Waals surface area contributed by atoms with Gasteiger partial charge in [-0.25, -0.2) is 4.57 Å². The SMILES string of the molecule is CC/C=C\C/C=C\C/C=C\C/C=C\C/C=C\CCCC(=O)O[C@H](COCCCCCCCCCCCCCCCC)COP(=O)(O)OC[C@@H](O)CO. The smallest absolute Gasteiger partial charge is 0.457 e. The molecule has 10 heteroatoms. The topological polar surface area (TPSA) is 132 Å². The third-order valence-electron chi connectivity index (χ3n) is 8.22. The second-order valence-electron chi connectivity index (χ2n) is 13.3. The molecule has 0 rings (SSSR count). The third-order valence-corrected chi connectivity index (χ3v) is 9.17. The van der Waals surface area contributed by atoms with Gasteiger partial charge in [-0.2, -0.15) is 0 Å². The number of aliphatic hydroxyl groups is 2. The fraction of sp³-hybridized carbons (Fsp3) is 0.738. The Balaban J connectivity index is 4.32. The second kappa shape index (κ2) is 38.9. The van der Waals surface area contributed by atoms with Gasteiger partial charge in [0.05, 0.1) is 26.4 Å². The molecule has 0 bridgehead atoms. The molecule has 0 aliphatic heterocycles. The van der Waals surface area contributed by atoms with Gasteiger partial charge in [-0.15, -0.1) is 0 Å². The van der Waals surface area contributed by atoms with Crippen molar-refractivity contribution in [2.45, 2.75) is 167 Å². The summed E-state index contributed by atoms with van der Waals surface area (Å²) in [5.74, 6) is -0.439. The number of carbonyl (C=O) groups is 1. The predicted molar refractivity (Wildman–Crippen MR) is 214 cm³/mol. The van der Waals surface area contributed by atoms with Crippen molar-refractivity contribution in [3.8, 4) is 0 Å². The number of hydrogen-bond donors (Lipinski definition) is 3. The van der Waals surface area contributed by atoms with Gasteiger partial charge in [0.15, 0.2) is 0 Å². The minimum Gasteiger partial charge on any atom is -0.457 e. The largest absolute Gasteiger partial charge is 0.472 e. The molecule has 0 heterocycles. The molecule has 0 radical (unpaired) electrons. The number of allylic oxidation sites excluding steroid dienone is 10. The van der Waals surface area contributed by atoms with Crippen LogP contribution in [0.3, 0.4) is 0 Å². The monoisotopic (exact) mass is 755 g/mol. The van der Waals surface area contributed by atoms with Crippen molar-refractivity contribution in [1.82, 2.24) is 0 Å². The normalized spacial score (nSPS) is 14.8. The van der Waals surface area contributed by atoms with Crippen LogP contribution in [0.5, 0.6) is 0 Å². The van der Waals surface area contributed by atoms with E-state index in [1.54, 1.807) is 0 Å². The molecule has 302 valence electrons. The average Bonchev–Trinajstić information content (AvgIpc) is 3.13. The molecule has 0 amide bonds. The van der Waals surface area contributed by atoms with E-state index in [0.29, 0.717) is 13.0 Å². The number of carbonyl (C=O) groups excluding carboxylic acids is 1. The van der Waals surface area contributed by atoms with Crippen molar-refractivity contribution in [3.05, 3.63) is 60.8 Å². The van der Waals surface area contributed by atoms with E-state index in [2.05, 4.69) is 68.5 Å². The molecule has 0 aliphatic carbocycles. The summed E-state index contributed by atoms with van der Waals surface area (Å²) < 4.78 is 33.2. The van der Waals surface area contributed by atoms with E-state index in [0.717, 1.165) is 57.8 Å². The summed E-state index contributed by atoms with van der Waals surface area (Å²) in [7, 11) is -4.53. The Labute approximate surface area is 317 Å². The van der Waals surface area contributed by atoms with Gasteiger partial charge in [-0.1, -0.05) is 158 Å². The van der Waals surface area contributed by atoms with Crippen LogP contribution in [0.25, 0.3) is 0 Å². The van der Waals surface area contributed by atoms with Gasteiger partial charge < -0.3 is 24.6 Å². The first-order valence-corrected chi connectivity index (χ1v) is 21.8. The predicted octanol–water partition coefficient (Wildman–Crippen LogP) is 10.8. The molecule has 0 saturated carbocycles. The molecule has 3 N–H and O–H groups in total. The van der Waals surface area contributed by atoms with E-state index >= 15 is 0 Å². The number of phosphoric acid groups is 1. The van der Waals surface area contributed by atoms with Gasteiger partial charge in [0.25, 0.3) is 0 Å². The fourth-order valence-corrected chi connectivity index (χ4v) is 5.94. The molecule has 0 spiro atoms. The Morgan fingerprint density at radius 1 is 0.615 bits per heavy atom. The van der Waals surface area contributed by atoms with Crippen LogP contribution in [0.1, 0.15) is 155 Å². The van der Waals surface area contributed by atoms with Gasteiger partial charge in [0, 0.05) is 13.0 Å². The van der Waals surface area contributed by atoms with E-state index in [1.165, 1.54) is 70.6 Å². The number of ether oxygens (including phenoxy) is 2. The van der Waals surface area contributed by atoms with Gasteiger partial charge in [-0.05, 0) is 51.4 Å². The molecule has 0 aromatic carbocycles. The summed E-state index contributed by atoms with van der Waals surface area (Å²) in [6, 6.07) is 0. The Hall–Kier alpha value is -1.84. The van der Waals surface area contributed by atoms with Crippen LogP contribution < -0.4 is 0 Å². The zero-order chi connectivity index (χ0) is 38.2. The zero-order valence-corrected chi connectivity index (χ0v) is 33.7. The Kier molecular flexibility index (Phi) is 37.5. The molecule has 0 fully saturated rings. The lowest BCUT2D eigenvalue weighted by molar-refractivity contribution is -0.154. The van der Waals surface area contributed by atoms with E-state index in [4.69, 9.17) is 23.6 Å². The molecule has 1 unspecified atom stereocenters. The molecule has 0 saturated heterocycles. The molecule has 9 nitrogen and oxygen atoms in total. The number of rotatable bonds is 38. The lowest BCUT2D eigenvalue weighted by Gasteiger charge is -2.20. The molecule has 52 heavy (non-hydrogen) atoms. The number of phosphoric ester groups is 1. The summed E-state index contributed by atoms with van der Waals surface area (Å²) in [6.07, 6.45) is 43.3. The van der Waals surface area contributed by atoms with Crippen LogP contribution in [0, 0.1) is 0 Å². The molecule has 0 aromatic heterocycles. The van der Waals surface area contributed by atoms with Crippen molar-refractivity contribution < 1.29 is 43.0 Å². The highest BCUT2D eigenvalue weighted by molar-refractivity contribution is 7.47. The Bertz CT molecular complexity index is 992. The van der Waals surface area contributed by atoms with E-state index in [1.807, 2.05) is 6.08 Å². The first kappa shape index (κ1) is 50.2. The van der Waals surface area contributed by atoms with Gasteiger partial charge in [0.1, 0.15) is 12.2 Å². The number of unbranched alkanes of at least 4 members (excludes halogenated alkanes) is 14. The highest BCUT2D eigenvalue weighted by atomic mass is 31.2. The minimum atomic E-state index is -4.53. The third kappa shape index (κ3) is 37.9. The first-order valence-electron chi connectivity index (χ1n) is 20.3. The van der Waals surface area contributed by atoms with Crippen LogP contribution in [0.2, 0.25) is 0 Å². The minimum absolute atomic E-state index is 0.0260. The van der Waals surface area contributed by atoms with Gasteiger partial charge in [0.2, 0.25) is 0 Å². The Morgan fingerprint density at radius 3 is 1.58 bits per heavy atom. The first-order chi connectivity index (χ1) is 25.3. The van der Waals surface area contributed by atoms with Crippen LogP contribution >= 0.6 is 7.82 Å². The van der Waals surface area contributed by atoms with E-state index in [-0.39, 0.29) is 13.0 Å². The number of esters is 1. The number of hydrogen-bond acceptors (Lipinski definition) is 8. The average molecular weight is 755 g/mol. The summed E-state index contributed by atoms with van der Waals surface area (Å²) in [6.45, 7) is 3.32. The summed E-state index contributed by atoms with van der Waals surface area (Å²) in [4.78, 5) is 22.5. The highest BCUT2D eigenvalue weighted by Crippen LogP contribution is 2.43. The maximum atomic E-state index is 12.6. The van der Waals surface area contributed by atoms with Crippen molar-refractivity contribution in [3.63, 3.8) is 0 Å². The van der Waals surface area contributed by atoms with E-state index in [9.17, 15) is 19.4 Å². The van der Waals surface area contributed by atoms with Crippen molar-refractivity contribution in [2.75, 3.05) is 33.0 Å². The fourth-order valence-electron chi connectivity index (χ4n) is 5.15. The molecule has 3 atom stereocenters. The van der Waals surface area contributed by atoms with Crippen LogP contribution in [-0.4, -0.2) is 66.3 Å². The standard InChI is InChI=1S/C42H75O9P/c1-3-5-7-9-11-13-15-17-19-20-21-22-24-26-28-30-32-34-42(45)51-41(39-50-52(46,47)49-37-40(44)36-43)38-48-35-33-31-29-27-25-23-18-16-14-12-10-8-6-4-2/h5,7,11,13,17,19,21-22,26,28,40-41,43-44H,3-4,6,8-10,12,14-16,18,20,23-25,27,29-39H2,1-2H3,(H,46,47)/b7-5-,13-11-,19-17-,22-21-,28-26-/t40-,41+/m0/s1. The van der Waals surface area contributed by atoms with Crippen LogP contribution in [0.15, 0.2) is 60.8 Å². The zero-order valence-electron chi connectivity index (χ0n) is 32.8.